The molecule has 0 aliphatic rings. The molecule has 0 atom stereocenters. The zero-order valence-electron chi connectivity index (χ0n) is 8.91. The molecule has 7 heteroatoms. The van der Waals surface area contributed by atoms with Gasteiger partial charge in [-0.05, 0) is 34.7 Å². The Labute approximate surface area is 123 Å². The van der Waals surface area contributed by atoms with Gasteiger partial charge in [0.15, 0.2) is 0 Å². The van der Waals surface area contributed by atoms with Gasteiger partial charge < -0.3 is 0 Å². The summed E-state index contributed by atoms with van der Waals surface area (Å²) in [6.07, 6.45) is 1.41. The topological polar surface area (TPSA) is 54.9 Å². The first-order valence-corrected chi connectivity index (χ1v) is 6.78. The minimum Gasteiger partial charge on any atom is -0.295 e. The first-order valence-electron chi connectivity index (χ1n) is 4.90. The van der Waals surface area contributed by atoms with Crippen LogP contribution >= 0.6 is 38.5 Å². The molecule has 0 unspecified atom stereocenters. The zero-order valence-corrected chi connectivity index (χ0v) is 12.7. The van der Waals surface area contributed by atoms with E-state index in [0.717, 1.165) is 0 Å². The lowest BCUT2D eigenvalue weighted by molar-refractivity contribution is 0.591. The van der Waals surface area contributed by atoms with Gasteiger partial charge in [-0.2, -0.15) is 0 Å². The van der Waals surface area contributed by atoms with Gasteiger partial charge in [-0.1, -0.05) is 22.0 Å². The van der Waals surface area contributed by atoms with Gasteiger partial charge in [-0.25, -0.2) is 9.18 Å². The van der Waals surface area contributed by atoms with E-state index in [1.165, 1.54) is 16.8 Å². The van der Waals surface area contributed by atoms with Gasteiger partial charge >= 0.3 is 5.69 Å². The van der Waals surface area contributed by atoms with Crippen molar-refractivity contribution in [2.24, 2.45) is 0 Å². The number of hydrogen-bond acceptors (Lipinski definition) is 2. The first-order chi connectivity index (χ1) is 8.47. The van der Waals surface area contributed by atoms with E-state index < -0.39 is 17.1 Å². The highest BCUT2D eigenvalue weighted by Crippen LogP contribution is 2.15. The molecule has 1 heterocycles. The standard InChI is InChI=1S/C11H7BrFIN2O2/c12-7-2-1-6(8(13)3-7)4-16-5-9(14)10(17)15-11(16)18/h1-3,5H,4H2,(H,15,17,18). The van der Waals surface area contributed by atoms with Crippen molar-refractivity contribution in [2.75, 3.05) is 0 Å². The quantitative estimate of drug-likeness (QED) is 0.750. The second kappa shape index (κ2) is 5.35. The van der Waals surface area contributed by atoms with Gasteiger partial charge in [-0.3, -0.25) is 14.3 Å². The third kappa shape index (κ3) is 2.89. The van der Waals surface area contributed by atoms with Crippen LogP contribution in [-0.4, -0.2) is 9.55 Å². The Morgan fingerprint density at radius 1 is 1.39 bits per heavy atom. The molecular formula is C11H7BrFIN2O2. The average Bonchev–Trinajstić information content (AvgIpc) is 2.29. The zero-order chi connectivity index (χ0) is 13.3. The monoisotopic (exact) mass is 424 g/mol. The average molecular weight is 425 g/mol. The summed E-state index contributed by atoms with van der Waals surface area (Å²) in [6, 6.07) is 4.61. The van der Waals surface area contributed by atoms with Crippen molar-refractivity contribution in [1.82, 2.24) is 9.55 Å². The van der Waals surface area contributed by atoms with E-state index in [2.05, 4.69) is 20.9 Å². The summed E-state index contributed by atoms with van der Waals surface area (Å²) in [5, 5.41) is 0. The van der Waals surface area contributed by atoms with Crippen LogP contribution in [0.25, 0.3) is 0 Å². The highest BCUT2D eigenvalue weighted by Gasteiger charge is 2.07. The molecular weight excluding hydrogens is 418 g/mol. The molecule has 0 aliphatic carbocycles. The van der Waals surface area contributed by atoms with Gasteiger partial charge in [0.2, 0.25) is 0 Å². The summed E-state index contributed by atoms with van der Waals surface area (Å²) in [6.45, 7) is 0.0741. The van der Waals surface area contributed by atoms with Crippen LogP contribution in [0.15, 0.2) is 38.5 Å². The SMILES string of the molecule is O=c1[nH]c(=O)n(Cc2ccc(Br)cc2F)cc1I. The molecule has 1 N–H and O–H groups in total. The maximum absolute atomic E-state index is 13.6. The highest BCUT2D eigenvalue weighted by atomic mass is 127. The maximum atomic E-state index is 13.6. The summed E-state index contributed by atoms with van der Waals surface area (Å²) in [5.74, 6) is -0.405. The van der Waals surface area contributed by atoms with E-state index in [0.29, 0.717) is 13.6 Å². The molecule has 0 radical (unpaired) electrons. The van der Waals surface area contributed by atoms with Crippen LogP contribution in [-0.2, 0) is 6.54 Å². The number of H-pyrrole nitrogens is 1. The summed E-state index contributed by atoms with van der Waals surface area (Å²) < 4.78 is 15.9. The highest BCUT2D eigenvalue weighted by molar-refractivity contribution is 14.1. The fourth-order valence-electron chi connectivity index (χ4n) is 1.43. The van der Waals surface area contributed by atoms with Gasteiger partial charge in [0.25, 0.3) is 5.56 Å². The normalized spacial score (nSPS) is 10.6. The molecule has 2 rings (SSSR count). The predicted octanol–water partition coefficient (Wildman–Crippen LogP) is 2.09. The van der Waals surface area contributed by atoms with Crippen LogP contribution < -0.4 is 11.2 Å². The van der Waals surface area contributed by atoms with E-state index >= 15 is 0 Å². The molecule has 94 valence electrons. The molecule has 18 heavy (non-hydrogen) atoms. The van der Waals surface area contributed by atoms with Gasteiger partial charge in [0.05, 0.1) is 10.1 Å². The molecule has 0 spiro atoms. The molecule has 2 aromatic rings. The third-order valence-electron chi connectivity index (χ3n) is 2.32. The minimum atomic E-state index is -0.553. The summed E-state index contributed by atoms with van der Waals surface area (Å²) in [4.78, 5) is 24.9. The summed E-state index contributed by atoms with van der Waals surface area (Å²) in [5.41, 5.74) is -0.612. The molecule has 0 aliphatic heterocycles. The Morgan fingerprint density at radius 3 is 2.78 bits per heavy atom. The fourth-order valence-corrected chi connectivity index (χ4v) is 2.24. The maximum Gasteiger partial charge on any atom is 0.328 e. The lowest BCUT2D eigenvalue weighted by Crippen LogP contribution is -2.31. The van der Waals surface area contributed by atoms with Crippen LogP contribution in [0.2, 0.25) is 0 Å². The first kappa shape index (κ1) is 13.5. The van der Waals surface area contributed by atoms with Crippen molar-refractivity contribution < 1.29 is 4.39 Å². The number of hydrogen-bond donors (Lipinski definition) is 1. The fraction of sp³-hybridized carbons (Fsp3) is 0.0909. The number of rotatable bonds is 2. The Balaban J connectivity index is 2.43. The van der Waals surface area contributed by atoms with Gasteiger partial charge in [0, 0.05) is 16.2 Å². The van der Waals surface area contributed by atoms with Crippen molar-refractivity contribution >= 4 is 38.5 Å². The van der Waals surface area contributed by atoms with Crippen LogP contribution in [0.4, 0.5) is 4.39 Å². The number of nitrogens with zero attached hydrogens (tertiary/aromatic N) is 1. The van der Waals surface area contributed by atoms with Gasteiger partial charge in [0.1, 0.15) is 5.82 Å². The minimum absolute atomic E-state index is 0.0741. The van der Waals surface area contributed by atoms with Crippen LogP contribution in [0.5, 0.6) is 0 Å². The summed E-state index contributed by atoms with van der Waals surface area (Å²) in [7, 11) is 0. The van der Waals surface area contributed by atoms with Crippen molar-refractivity contribution in [2.45, 2.75) is 6.54 Å². The molecule has 0 saturated heterocycles. The summed E-state index contributed by atoms with van der Waals surface area (Å²) >= 11 is 4.98. The van der Waals surface area contributed by atoms with Crippen molar-refractivity contribution in [1.29, 1.82) is 0 Å². The number of nitrogens with one attached hydrogen (secondary N) is 1. The van der Waals surface area contributed by atoms with E-state index in [9.17, 15) is 14.0 Å². The van der Waals surface area contributed by atoms with Crippen LogP contribution in [0.3, 0.4) is 0 Å². The van der Waals surface area contributed by atoms with Crippen LogP contribution in [0, 0.1) is 9.39 Å². The number of aromatic nitrogens is 2. The molecule has 0 amide bonds. The second-order valence-corrected chi connectivity index (χ2v) is 5.68. The van der Waals surface area contributed by atoms with E-state index in [1.54, 1.807) is 12.1 Å². The molecule has 1 aromatic carbocycles. The number of benzene rings is 1. The molecule has 4 nitrogen and oxygen atoms in total. The predicted molar refractivity (Wildman–Crippen MR) is 77.2 cm³/mol. The number of aromatic amines is 1. The third-order valence-corrected chi connectivity index (χ3v) is 3.58. The van der Waals surface area contributed by atoms with Crippen LogP contribution in [0.1, 0.15) is 5.56 Å². The van der Waals surface area contributed by atoms with E-state index in [1.807, 2.05) is 22.6 Å². The number of halogens is 3. The Bertz CT molecular complexity index is 711. The molecule has 0 fully saturated rings. The van der Waals surface area contributed by atoms with Crippen molar-refractivity contribution in [3.8, 4) is 0 Å². The van der Waals surface area contributed by atoms with Gasteiger partial charge in [-0.15, -0.1) is 0 Å². The van der Waals surface area contributed by atoms with E-state index in [4.69, 9.17) is 0 Å². The van der Waals surface area contributed by atoms with Crippen molar-refractivity contribution in [3.05, 3.63) is 64.7 Å². The smallest absolute Gasteiger partial charge is 0.295 e. The van der Waals surface area contributed by atoms with Crippen molar-refractivity contribution in [3.63, 3.8) is 0 Å². The second-order valence-electron chi connectivity index (χ2n) is 3.60. The Morgan fingerprint density at radius 2 is 2.11 bits per heavy atom. The largest absolute Gasteiger partial charge is 0.328 e. The van der Waals surface area contributed by atoms with E-state index in [-0.39, 0.29) is 6.54 Å². The molecule has 0 saturated carbocycles. The molecule has 1 aromatic heterocycles. The lowest BCUT2D eigenvalue weighted by Gasteiger charge is -2.07. The Hall–Kier alpha value is -0.960. The lowest BCUT2D eigenvalue weighted by atomic mass is 10.2. The molecule has 0 bridgehead atoms. The Kier molecular flexibility index (Phi) is 4.00.